The van der Waals surface area contributed by atoms with E-state index in [4.69, 9.17) is 32.2 Å². The summed E-state index contributed by atoms with van der Waals surface area (Å²) in [6.07, 6.45) is 1.94. The molecule has 0 bridgehead atoms. The molecule has 0 aliphatic carbocycles. The van der Waals surface area contributed by atoms with Gasteiger partial charge in [0.15, 0.2) is 0 Å². The van der Waals surface area contributed by atoms with Crippen LogP contribution in [0.3, 0.4) is 0 Å². The van der Waals surface area contributed by atoms with Gasteiger partial charge in [0.25, 0.3) is 6.20 Å². The average Bonchev–Trinajstić information content (AvgIpc) is 3.02. The van der Waals surface area contributed by atoms with Gasteiger partial charge in [-0.2, -0.15) is 0 Å². The Labute approximate surface area is 165 Å². The third-order valence-corrected chi connectivity index (χ3v) is 5.83. The average molecular weight is 435 g/mol. The quantitative estimate of drug-likeness (QED) is 0.247. The molecular weight excluding hydrogens is 418 g/mol. The van der Waals surface area contributed by atoms with Gasteiger partial charge in [-0.25, -0.2) is 0 Å². The van der Waals surface area contributed by atoms with E-state index >= 15 is 0 Å². The van der Waals surface area contributed by atoms with Crippen LogP contribution < -0.4 is 0 Å². The Balaban J connectivity index is 2.73. The molecule has 0 N–H and O–H groups in total. The molecule has 1 aromatic carbocycles. The fourth-order valence-corrected chi connectivity index (χ4v) is 4.61. The van der Waals surface area contributed by atoms with Gasteiger partial charge < -0.3 is 9.05 Å². The maximum Gasteiger partial charge on any atom is 0.368 e. The highest BCUT2D eigenvalue weighted by atomic mass is 35.5. The lowest BCUT2D eigenvalue weighted by Gasteiger charge is -2.19. The molecule has 0 amide bonds. The van der Waals surface area contributed by atoms with Crippen LogP contribution in [0.2, 0.25) is 0 Å². The van der Waals surface area contributed by atoms with Crippen LogP contribution in [0.4, 0.5) is 0 Å². The number of nitro groups is 1. The number of para-hydroxylation sites is 1. The first-order valence-corrected chi connectivity index (χ1v) is 10.4. The molecule has 0 fully saturated rings. The summed E-state index contributed by atoms with van der Waals surface area (Å²) in [5.41, 5.74) is 0.709. The van der Waals surface area contributed by atoms with Crippen LogP contribution in [0.25, 0.3) is 16.2 Å². The Morgan fingerprint density at radius 1 is 1.26 bits per heavy atom. The predicted octanol–water partition coefficient (Wildman–Crippen LogP) is 4.58. The van der Waals surface area contributed by atoms with Gasteiger partial charge in [-0.15, -0.1) is 23.2 Å². The highest BCUT2D eigenvalue weighted by Crippen LogP contribution is 2.61. The lowest BCUT2D eigenvalue weighted by atomic mass is 10.2. The van der Waals surface area contributed by atoms with E-state index in [2.05, 4.69) is 0 Å². The minimum absolute atomic E-state index is 0.00910. The number of nitrogens with zero attached hydrogens (tertiary/aromatic N) is 2. The molecule has 0 aliphatic rings. The molecule has 0 spiro atoms. The first kappa shape index (κ1) is 21.6. The topological polar surface area (TPSA) is 101 Å². The van der Waals surface area contributed by atoms with Crippen molar-refractivity contribution in [2.45, 2.75) is 6.92 Å². The summed E-state index contributed by atoms with van der Waals surface area (Å²) >= 11 is 11.2. The van der Waals surface area contributed by atoms with E-state index in [0.717, 1.165) is 0 Å². The highest BCUT2D eigenvalue weighted by Gasteiger charge is 2.36. The van der Waals surface area contributed by atoms with E-state index in [1.54, 1.807) is 24.3 Å². The summed E-state index contributed by atoms with van der Waals surface area (Å²) in [7, 11) is -4.13. The third-order valence-electron chi connectivity index (χ3n) is 3.53. The number of hydrogen-bond acceptors (Lipinski definition) is 6. The van der Waals surface area contributed by atoms with Crippen molar-refractivity contribution < 1.29 is 23.3 Å². The van der Waals surface area contributed by atoms with Crippen LogP contribution in [0.15, 0.2) is 36.7 Å². The molecule has 1 aromatic heterocycles. The van der Waals surface area contributed by atoms with Crippen LogP contribution >= 0.6 is 30.8 Å². The molecule has 8 nitrogen and oxygen atoms in total. The lowest BCUT2D eigenvalue weighted by Crippen LogP contribution is -2.05. The van der Waals surface area contributed by atoms with E-state index in [1.807, 2.05) is 0 Å². The minimum atomic E-state index is -4.13. The van der Waals surface area contributed by atoms with Crippen molar-refractivity contribution in [3.8, 4) is 0 Å². The Hall–Kier alpha value is -1.70. The Bertz CT molecular complexity index is 915. The molecule has 0 radical (unpaired) electrons. The molecule has 0 unspecified atom stereocenters. The molecule has 1 heterocycles. The first-order chi connectivity index (χ1) is 12.8. The second-order valence-corrected chi connectivity index (χ2v) is 8.04. The van der Waals surface area contributed by atoms with Crippen molar-refractivity contribution in [1.82, 2.24) is 4.57 Å². The smallest absolute Gasteiger partial charge is 0.304 e. The molecule has 146 valence electrons. The zero-order valence-electron chi connectivity index (χ0n) is 14.3. The Morgan fingerprint density at radius 3 is 2.37 bits per heavy atom. The molecule has 0 aliphatic heterocycles. The van der Waals surface area contributed by atoms with E-state index in [0.29, 0.717) is 17.1 Å². The zero-order valence-corrected chi connectivity index (χ0v) is 16.7. The second kappa shape index (κ2) is 9.48. The first-order valence-electron chi connectivity index (χ1n) is 7.82. The number of aromatic nitrogens is 1. The number of rotatable bonds is 9. The monoisotopic (exact) mass is 434 g/mol. The molecule has 0 saturated heterocycles. The van der Waals surface area contributed by atoms with Gasteiger partial charge in [-0.1, -0.05) is 18.2 Å². The molecular formula is C16H17Cl2N2O6P. The second-order valence-electron chi connectivity index (χ2n) is 5.29. The molecule has 2 aromatic rings. The van der Waals surface area contributed by atoms with Gasteiger partial charge in [-0.05, 0) is 6.07 Å². The fraction of sp³-hybridized carbons (Fsp3) is 0.312. The van der Waals surface area contributed by atoms with Crippen LogP contribution in [0.1, 0.15) is 17.3 Å². The van der Waals surface area contributed by atoms with Gasteiger partial charge in [-0.3, -0.25) is 24.0 Å². The SMILES string of the molecule is CC(=O)n1cc(C(=C[N+](=O)[O-])P(=O)(OCCCl)OCCCl)c2ccccc21. The van der Waals surface area contributed by atoms with Gasteiger partial charge in [0.2, 0.25) is 5.91 Å². The van der Waals surface area contributed by atoms with Crippen LogP contribution in [0.5, 0.6) is 0 Å². The maximum absolute atomic E-state index is 13.4. The molecule has 11 heteroatoms. The van der Waals surface area contributed by atoms with Crippen LogP contribution in [0, 0.1) is 10.1 Å². The number of fused-ring (bicyclic) bond motifs is 1. The summed E-state index contributed by atoms with van der Waals surface area (Å²) in [5.74, 6) is -0.291. The number of carbonyl (C=O) groups excluding carboxylic acids is 1. The summed E-state index contributed by atoms with van der Waals surface area (Å²) in [5, 5.41) is 11.4. The fourth-order valence-electron chi connectivity index (χ4n) is 2.52. The molecule has 0 atom stereocenters. The zero-order chi connectivity index (χ0) is 20.0. The minimum Gasteiger partial charge on any atom is -0.304 e. The van der Waals surface area contributed by atoms with Crippen molar-refractivity contribution >= 4 is 52.9 Å². The highest BCUT2D eigenvalue weighted by molar-refractivity contribution is 7.65. The van der Waals surface area contributed by atoms with Crippen LogP contribution in [-0.4, -0.2) is 40.4 Å². The predicted molar refractivity (Wildman–Crippen MR) is 104 cm³/mol. The largest absolute Gasteiger partial charge is 0.368 e. The van der Waals surface area contributed by atoms with Crippen molar-refractivity contribution in [3.05, 3.63) is 52.3 Å². The standard InChI is InChI=1S/C16H17Cl2N2O6P/c1-12(21)19-10-14(13-4-2-3-5-15(13)19)16(11-20(22)23)27(24,25-8-6-17)26-9-7-18/h2-5,10-11H,6-9H2,1H3. The summed E-state index contributed by atoms with van der Waals surface area (Å²) in [6.45, 7) is 1.05. The number of carbonyl (C=O) groups is 1. The Kier molecular flexibility index (Phi) is 7.59. The van der Waals surface area contributed by atoms with E-state index in [1.165, 1.54) is 17.7 Å². The summed E-state index contributed by atoms with van der Waals surface area (Å²) in [6, 6.07) is 6.75. The molecule has 0 saturated carbocycles. The number of hydrogen-bond donors (Lipinski definition) is 0. The van der Waals surface area contributed by atoms with Gasteiger partial charge >= 0.3 is 7.60 Å². The summed E-state index contributed by atoms with van der Waals surface area (Å²) in [4.78, 5) is 22.4. The maximum atomic E-state index is 13.4. The van der Waals surface area contributed by atoms with Crippen molar-refractivity contribution in [3.63, 3.8) is 0 Å². The Morgan fingerprint density at radius 2 is 1.85 bits per heavy atom. The van der Waals surface area contributed by atoms with Crippen molar-refractivity contribution in [2.24, 2.45) is 0 Å². The van der Waals surface area contributed by atoms with Crippen LogP contribution in [-0.2, 0) is 13.6 Å². The van der Waals surface area contributed by atoms with Gasteiger partial charge in [0.1, 0.15) is 5.31 Å². The summed E-state index contributed by atoms with van der Waals surface area (Å²) < 4.78 is 25.3. The molecule has 27 heavy (non-hydrogen) atoms. The third kappa shape index (κ3) is 4.97. The molecule has 2 rings (SSSR count). The van der Waals surface area contributed by atoms with E-state index < -0.39 is 12.5 Å². The van der Waals surface area contributed by atoms with E-state index in [-0.39, 0.29) is 41.8 Å². The van der Waals surface area contributed by atoms with Gasteiger partial charge in [0.05, 0.1) is 23.7 Å². The lowest BCUT2D eigenvalue weighted by molar-refractivity contribution is -0.401. The van der Waals surface area contributed by atoms with Gasteiger partial charge in [0, 0.05) is 35.8 Å². The normalized spacial score (nSPS) is 12.5. The van der Waals surface area contributed by atoms with E-state index in [9.17, 15) is 19.5 Å². The number of halogens is 2. The number of benzene rings is 1. The van der Waals surface area contributed by atoms with Crippen molar-refractivity contribution in [1.29, 1.82) is 0 Å². The van der Waals surface area contributed by atoms with Crippen molar-refractivity contribution in [2.75, 3.05) is 25.0 Å². The number of alkyl halides is 2.